The maximum absolute atomic E-state index is 13.9. The van der Waals surface area contributed by atoms with Crippen LogP contribution in [-0.2, 0) is 15.1 Å². The highest BCUT2D eigenvalue weighted by molar-refractivity contribution is 5.86. The van der Waals surface area contributed by atoms with Crippen molar-refractivity contribution in [2.75, 3.05) is 39.8 Å². The molecule has 8 nitrogen and oxygen atoms in total. The van der Waals surface area contributed by atoms with Crippen LogP contribution < -0.4 is 0 Å². The van der Waals surface area contributed by atoms with Crippen molar-refractivity contribution in [1.29, 1.82) is 0 Å². The zero-order valence-corrected chi connectivity index (χ0v) is 23.9. The summed E-state index contributed by atoms with van der Waals surface area (Å²) in [7, 11) is 1.54. The van der Waals surface area contributed by atoms with Crippen LogP contribution in [0.5, 0.6) is 0 Å². The van der Waals surface area contributed by atoms with E-state index in [4.69, 9.17) is 0 Å². The van der Waals surface area contributed by atoms with Crippen LogP contribution in [0, 0.1) is 5.92 Å². The number of rotatable bonds is 8. The average Bonchev–Trinajstić information content (AvgIpc) is 3.79. The zero-order valence-electron chi connectivity index (χ0n) is 23.9. The Morgan fingerprint density at radius 3 is 1.56 bits per heavy atom. The van der Waals surface area contributed by atoms with Gasteiger partial charge in [-0.25, -0.2) is 9.59 Å². The van der Waals surface area contributed by atoms with Gasteiger partial charge in [0, 0.05) is 39.8 Å². The second-order valence-electron chi connectivity index (χ2n) is 11.2. The summed E-state index contributed by atoms with van der Waals surface area (Å²) in [5.74, 6) is -1.18. The summed E-state index contributed by atoms with van der Waals surface area (Å²) in [6, 6.07) is 29.5. The van der Waals surface area contributed by atoms with E-state index >= 15 is 0 Å². The third kappa shape index (κ3) is 5.32. The summed E-state index contributed by atoms with van der Waals surface area (Å²) in [4.78, 5) is 45.8. The Kier molecular flexibility index (Phi) is 8.13. The van der Waals surface area contributed by atoms with Crippen LogP contribution >= 0.6 is 0 Å². The van der Waals surface area contributed by atoms with Gasteiger partial charge in [-0.3, -0.25) is 9.69 Å². The molecule has 214 valence electrons. The summed E-state index contributed by atoms with van der Waals surface area (Å²) >= 11 is 0. The number of urea groups is 1. The lowest BCUT2D eigenvalue weighted by molar-refractivity contribution is -0.143. The standard InChI is InChI=1S/C33H38N4O4/c1-24(2)29(31(39)40)34(3)32(41)36-21-19-35(20-22-36)30(38)28-23-37(28)33(25-13-7-4-8-14-25,26-15-9-5-10-16-26)27-17-11-6-12-18-27/h4-18,24,28-29H,19-23H2,1-3H3,(H,39,40)/t28-,29-,37?/m0/s1. The first-order chi connectivity index (χ1) is 19.8. The van der Waals surface area contributed by atoms with Gasteiger partial charge in [0.05, 0.1) is 5.54 Å². The number of piperazine rings is 1. The molecule has 3 amide bonds. The molecule has 2 fully saturated rings. The lowest BCUT2D eigenvalue weighted by Crippen LogP contribution is -2.57. The zero-order chi connectivity index (χ0) is 29.1. The minimum Gasteiger partial charge on any atom is -0.480 e. The number of amides is 3. The topological polar surface area (TPSA) is 84.2 Å². The summed E-state index contributed by atoms with van der Waals surface area (Å²) in [6.45, 7) is 5.77. The Bertz CT molecular complexity index is 1260. The molecule has 0 spiro atoms. The van der Waals surface area contributed by atoms with Crippen molar-refractivity contribution in [2.45, 2.75) is 31.5 Å². The molecule has 1 unspecified atom stereocenters. The maximum Gasteiger partial charge on any atom is 0.326 e. The predicted molar refractivity (Wildman–Crippen MR) is 157 cm³/mol. The van der Waals surface area contributed by atoms with Gasteiger partial charge < -0.3 is 19.8 Å². The fourth-order valence-corrected chi connectivity index (χ4v) is 6.33. The summed E-state index contributed by atoms with van der Waals surface area (Å²) in [6.07, 6.45) is 0. The van der Waals surface area contributed by atoms with Crippen molar-refractivity contribution >= 4 is 17.9 Å². The largest absolute Gasteiger partial charge is 0.480 e. The Morgan fingerprint density at radius 1 is 0.756 bits per heavy atom. The number of carboxylic acids is 1. The van der Waals surface area contributed by atoms with E-state index in [0.717, 1.165) is 16.7 Å². The van der Waals surface area contributed by atoms with E-state index in [9.17, 15) is 19.5 Å². The number of likely N-dealkylation sites (N-methyl/N-ethyl adjacent to an activating group) is 1. The number of carbonyl (C=O) groups is 3. The predicted octanol–water partition coefficient (Wildman–Crippen LogP) is 3.97. The highest BCUT2D eigenvalue weighted by atomic mass is 16.4. The van der Waals surface area contributed by atoms with Gasteiger partial charge in [0.25, 0.3) is 0 Å². The molecule has 0 radical (unpaired) electrons. The van der Waals surface area contributed by atoms with Gasteiger partial charge in [-0.15, -0.1) is 0 Å². The van der Waals surface area contributed by atoms with E-state index in [1.165, 1.54) is 11.9 Å². The van der Waals surface area contributed by atoms with Gasteiger partial charge in [0.2, 0.25) is 5.91 Å². The molecule has 2 aliphatic rings. The first kappa shape index (κ1) is 28.4. The van der Waals surface area contributed by atoms with E-state index in [0.29, 0.717) is 32.7 Å². The lowest BCUT2D eigenvalue weighted by atomic mass is 9.76. The normalized spacial score (nSPS) is 19.5. The molecule has 3 atom stereocenters. The molecule has 2 heterocycles. The highest BCUT2D eigenvalue weighted by Crippen LogP contribution is 2.48. The van der Waals surface area contributed by atoms with Crippen LogP contribution in [0.2, 0.25) is 0 Å². The number of carbonyl (C=O) groups excluding carboxylic acids is 2. The van der Waals surface area contributed by atoms with Crippen LogP contribution in [0.4, 0.5) is 4.79 Å². The Morgan fingerprint density at radius 2 is 1.17 bits per heavy atom. The van der Waals surface area contributed by atoms with Crippen LogP contribution in [0.3, 0.4) is 0 Å². The highest BCUT2D eigenvalue weighted by Gasteiger charge is 2.56. The van der Waals surface area contributed by atoms with Crippen LogP contribution in [-0.4, -0.2) is 94.5 Å². The second kappa shape index (κ2) is 11.7. The fourth-order valence-electron chi connectivity index (χ4n) is 6.33. The SMILES string of the molecule is CC(C)[C@@H](C(=O)O)N(C)C(=O)N1CCN(C(=O)[C@@H]2CN2C(c2ccccc2)(c2ccccc2)c2ccccc2)CC1. The van der Waals surface area contributed by atoms with Crippen molar-refractivity contribution in [3.05, 3.63) is 108 Å². The van der Waals surface area contributed by atoms with Crippen molar-refractivity contribution < 1.29 is 19.5 Å². The van der Waals surface area contributed by atoms with Gasteiger partial charge in [0.15, 0.2) is 0 Å². The average molecular weight is 555 g/mol. The Labute approximate surface area is 241 Å². The minimum absolute atomic E-state index is 0.0585. The molecular weight excluding hydrogens is 516 g/mol. The molecular formula is C33H38N4O4. The molecule has 0 aliphatic carbocycles. The van der Waals surface area contributed by atoms with Crippen molar-refractivity contribution in [2.24, 2.45) is 5.92 Å². The second-order valence-corrected chi connectivity index (χ2v) is 11.2. The summed E-state index contributed by atoms with van der Waals surface area (Å²) in [5, 5.41) is 9.61. The molecule has 2 aliphatic heterocycles. The molecule has 2 saturated heterocycles. The summed E-state index contributed by atoms with van der Waals surface area (Å²) in [5.41, 5.74) is 2.67. The Hall–Kier alpha value is -4.17. The quantitative estimate of drug-likeness (QED) is 0.337. The van der Waals surface area contributed by atoms with E-state index < -0.39 is 17.6 Å². The number of hydrogen-bond donors (Lipinski definition) is 1. The maximum atomic E-state index is 13.9. The van der Waals surface area contributed by atoms with Crippen LogP contribution in [0.15, 0.2) is 91.0 Å². The van der Waals surface area contributed by atoms with Gasteiger partial charge in [0.1, 0.15) is 12.1 Å². The van der Waals surface area contributed by atoms with Crippen molar-refractivity contribution in [1.82, 2.24) is 19.6 Å². The van der Waals surface area contributed by atoms with E-state index in [-0.39, 0.29) is 23.9 Å². The number of aliphatic carboxylic acids is 1. The monoisotopic (exact) mass is 554 g/mol. The first-order valence-electron chi connectivity index (χ1n) is 14.2. The van der Waals surface area contributed by atoms with Crippen LogP contribution in [0.25, 0.3) is 0 Å². The summed E-state index contributed by atoms with van der Waals surface area (Å²) < 4.78 is 0. The first-order valence-corrected chi connectivity index (χ1v) is 14.2. The fraction of sp³-hybridized carbons (Fsp3) is 0.364. The number of hydrogen-bond acceptors (Lipinski definition) is 4. The van der Waals surface area contributed by atoms with Gasteiger partial charge in [-0.05, 0) is 22.6 Å². The smallest absolute Gasteiger partial charge is 0.326 e. The van der Waals surface area contributed by atoms with Crippen molar-refractivity contribution in [3.63, 3.8) is 0 Å². The molecule has 0 saturated carbocycles. The third-order valence-corrected chi connectivity index (χ3v) is 8.37. The molecule has 41 heavy (non-hydrogen) atoms. The Balaban J connectivity index is 1.36. The number of nitrogens with zero attached hydrogens (tertiary/aromatic N) is 4. The minimum atomic E-state index is -1.02. The van der Waals surface area contributed by atoms with Crippen LogP contribution in [0.1, 0.15) is 30.5 Å². The van der Waals surface area contributed by atoms with E-state index in [1.54, 1.807) is 18.7 Å². The molecule has 1 N–H and O–H groups in total. The molecule has 0 aromatic heterocycles. The van der Waals surface area contributed by atoms with Crippen molar-refractivity contribution in [3.8, 4) is 0 Å². The third-order valence-electron chi connectivity index (χ3n) is 8.37. The van der Waals surface area contributed by atoms with E-state index in [2.05, 4.69) is 41.3 Å². The lowest BCUT2D eigenvalue weighted by Gasteiger charge is -2.40. The molecule has 0 bridgehead atoms. The molecule has 3 aromatic rings. The van der Waals surface area contributed by atoms with Gasteiger partial charge in [-0.2, -0.15) is 0 Å². The number of carboxylic acid groups (broad SMARTS) is 1. The van der Waals surface area contributed by atoms with Gasteiger partial charge in [-0.1, -0.05) is 105 Å². The molecule has 8 heteroatoms. The number of benzene rings is 3. The van der Waals surface area contributed by atoms with E-state index in [1.807, 2.05) is 59.5 Å². The molecule has 5 rings (SSSR count). The molecule has 3 aromatic carbocycles. The van der Waals surface area contributed by atoms with Gasteiger partial charge >= 0.3 is 12.0 Å².